The molecule has 2 aromatic rings. The number of aromatic nitrogens is 1. The van der Waals surface area contributed by atoms with Gasteiger partial charge in [0.2, 0.25) is 5.91 Å². The van der Waals surface area contributed by atoms with Crippen LogP contribution in [0.15, 0.2) is 48.8 Å². The second-order valence-electron chi connectivity index (χ2n) is 4.88. The number of amides is 2. The molecule has 0 atom stereocenters. The van der Waals surface area contributed by atoms with Crippen LogP contribution in [0.1, 0.15) is 5.56 Å². The standard InChI is InChI=1S/C17H19N3O4/c1-23-14-4-6-15(7-5-14)24-12-17(22)20-11-16(21)19-10-13-3-2-8-18-9-13/h2-9H,10-12H2,1H3,(H,19,21)(H,20,22). The summed E-state index contributed by atoms with van der Waals surface area (Å²) in [6, 6.07) is 10.5. The summed E-state index contributed by atoms with van der Waals surface area (Å²) in [5, 5.41) is 5.19. The van der Waals surface area contributed by atoms with E-state index in [9.17, 15) is 9.59 Å². The number of nitrogens with zero attached hydrogens (tertiary/aromatic N) is 1. The number of ether oxygens (including phenoxy) is 2. The van der Waals surface area contributed by atoms with Crippen LogP contribution in [0.5, 0.6) is 11.5 Å². The molecule has 126 valence electrons. The number of pyridine rings is 1. The Labute approximate surface area is 140 Å². The molecule has 0 aliphatic carbocycles. The Morgan fingerprint density at radius 3 is 2.46 bits per heavy atom. The summed E-state index contributed by atoms with van der Waals surface area (Å²) in [6.07, 6.45) is 3.33. The van der Waals surface area contributed by atoms with Crippen LogP contribution in [-0.4, -0.2) is 37.1 Å². The van der Waals surface area contributed by atoms with Crippen molar-refractivity contribution < 1.29 is 19.1 Å². The molecule has 0 saturated carbocycles. The fourth-order valence-corrected chi connectivity index (χ4v) is 1.82. The highest BCUT2D eigenvalue weighted by molar-refractivity contribution is 5.85. The molecule has 2 rings (SSSR count). The minimum atomic E-state index is -0.373. The SMILES string of the molecule is COc1ccc(OCC(=O)NCC(=O)NCc2cccnc2)cc1. The van der Waals surface area contributed by atoms with Crippen molar-refractivity contribution in [1.82, 2.24) is 15.6 Å². The summed E-state index contributed by atoms with van der Waals surface area (Å²) in [5.74, 6) is 0.600. The van der Waals surface area contributed by atoms with E-state index in [4.69, 9.17) is 9.47 Å². The smallest absolute Gasteiger partial charge is 0.258 e. The molecule has 24 heavy (non-hydrogen) atoms. The van der Waals surface area contributed by atoms with E-state index in [1.54, 1.807) is 49.8 Å². The van der Waals surface area contributed by atoms with E-state index in [1.165, 1.54) is 0 Å². The predicted molar refractivity (Wildman–Crippen MR) is 87.6 cm³/mol. The summed E-state index contributed by atoms with van der Waals surface area (Å²) in [5.41, 5.74) is 0.889. The number of carbonyl (C=O) groups excluding carboxylic acids is 2. The predicted octanol–water partition coefficient (Wildman–Crippen LogP) is 0.902. The first-order chi connectivity index (χ1) is 11.7. The third-order valence-corrected chi connectivity index (χ3v) is 3.09. The molecule has 2 N–H and O–H groups in total. The van der Waals surface area contributed by atoms with E-state index in [-0.39, 0.29) is 25.0 Å². The van der Waals surface area contributed by atoms with E-state index in [1.807, 2.05) is 6.07 Å². The molecule has 2 amide bonds. The Morgan fingerprint density at radius 2 is 1.79 bits per heavy atom. The molecule has 1 heterocycles. The lowest BCUT2D eigenvalue weighted by atomic mass is 10.3. The molecular formula is C17H19N3O4. The van der Waals surface area contributed by atoms with Crippen LogP contribution in [0.2, 0.25) is 0 Å². The van der Waals surface area contributed by atoms with Crippen LogP contribution in [-0.2, 0) is 16.1 Å². The monoisotopic (exact) mass is 329 g/mol. The Bertz CT molecular complexity index is 659. The van der Waals surface area contributed by atoms with Gasteiger partial charge in [0, 0.05) is 18.9 Å². The third kappa shape index (κ3) is 5.96. The maximum atomic E-state index is 11.7. The number of hydrogen-bond acceptors (Lipinski definition) is 5. The third-order valence-electron chi connectivity index (χ3n) is 3.09. The van der Waals surface area contributed by atoms with E-state index < -0.39 is 0 Å². The Hall–Kier alpha value is -3.09. The van der Waals surface area contributed by atoms with Gasteiger partial charge in [-0.15, -0.1) is 0 Å². The molecule has 0 unspecified atom stereocenters. The number of rotatable bonds is 8. The molecule has 7 heteroatoms. The molecule has 7 nitrogen and oxygen atoms in total. The van der Waals surface area contributed by atoms with E-state index >= 15 is 0 Å². The summed E-state index contributed by atoms with van der Waals surface area (Å²) < 4.78 is 10.4. The van der Waals surface area contributed by atoms with Gasteiger partial charge in [-0.2, -0.15) is 0 Å². The lowest BCUT2D eigenvalue weighted by molar-refractivity contribution is -0.127. The number of hydrogen-bond donors (Lipinski definition) is 2. The molecule has 0 saturated heterocycles. The minimum Gasteiger partial charge on any atom is -0.497 e. The molecule has 1 aromatic carbocycles. The number of benzene rings is 1. The minimum absolute atomic E-state index is 0.106. The zero-order chi connectivity index (χ0) is 17.2. The van der Waals surface area contributed by atoms with Gasteiger partial charge in [0.1, 0.15) is 11.5 Å². The van der Waals surface area contributed by atoms with Gasteiger partial charge in [0.05, 0.1) is 13.7 Å². The quantitative estimate of drug-likeness (QED) is 0.751. The molecule has 0 bridgehead atoms. The zero-order valence-corrected chi connectivity index (χ0v) is 13.3. The molecule has 0 aliphatic heterocycles. The maximum Gasteiger partial charge on any atom is 0.258 e. The Balaban J connectivity index is 1.64. The summed E-state index contributed by atoms with van der Waals surface area (Å²) in [4.78, 5) is 27.3. The van der Waals surface area contributed by atoms with Crippen LogP contribution in [0, 0.1) is 0 Å². The highest BCUT2D eigenvalue weighted by Crippen LogP contribution is 2.16. The molecule has 0 spiro atoms. The largest absolute Gasteiger partial charge is 0.497 e. The van der Waals surface area contributed by atoms with Crippen LogP contribution in [0.4, 0.5) is 0 Å². The van der Waals surface area contributed by atoms with Crippen LogP contribution in [0.3, 0.4) is 0 Å². The highest BCUT2D eigenvalue weighted by Gasteiger charge is 2.06. The molecule has 1 aromatic heterocycles. The molecular weight excluding hydrogens is 310 g/mol. The van der Waals surface area contributed by atoms with Gasteiger partial charge in [-0.05, 0) is 35.9 Å². The number of carbonyl (C=O) groups is 2. The first kappa shape index (κ1) is 17.3. The second kappa shape index (κ2) is 9.14. The number of methoxy groups -OCH3 is 1. The van der Waals surface area contributed by atoms with Crippen molar-refractivity contribution in [3.05, 3.63) is 54.4 Å². The first-order valence-electron chi connectivity index (χ1n) is 7.36. The van der Waals surface area contributed by atoms with E-state index in [2.05, 4.69) is 15.6 Å². The van der Waals surface area contributed by atoms with Crippen molar-refractivity contribution in [2.75, 3.05) is 20.3 Å². The van der Waals surface area contributed by atoms with Crippen molar-refractivity contribution in [3.8, 4) is 11.5 Å². The van der Waals surface area contributed by atoms with Gasteiger partial charge >= 0.3 is 0 Å². The van der Waals surface area contributed by atoms with Crippen molar-refractivity contribution in [1.29, 1.82) is 0 Å². The van der Waals surface area contributed by atoms with Gasteiger partial charge < -0.3 is 20.1 Å². The fourth-order valence-electron chi connectivity index (χ4n) is 1.82. The van der Waals surface area contributed by atoms with Crippen molar-refractivity contribution in [2.24, 2.45) is 0 Å². The zero-order valence-electron chi connectivity index (χ0n) is 13.3. The van der Waals surface area contributed by atoms with Gasteiger partial charge in [0.15, 0.2) is 6.61 Å². The Morgan fingerprint density at radius 1 is 1.04 bits per heavy atom. The lowest BCUT2D eigenvalue weighted by Gasteiger charge is -2.08. The maximum absolute atomic E-state index is 11.7. The van der Waals surface area contributed by atoms with Crippen molar-refractivity contribution >= 4 is 11.8 Å². The topological polar surface area (TPSA) is 89.5 Å². The van der Waals surface area contributed by atoms with E-state index in [0.717, 1.165) is 5.56 Å². The van der Waals surface area contributed by atoms with E-state index in [0.29, 0.717) is 18.0 Å². The van der Waals surface area contributed by atoms with Crippen LogP contribution >= 0.6 is 0 Å². The van der Waals surface area contributed by atoms with Crippen molar-refractivity contribution in [2.45, 2.75) is 6.54 Å². The Kier molecular flexibility index (Phi) is 6.58. The average Bonchev–Trinajstić information content (AvgIpc) is 2.64. The second-order valence-corrected chi connectivity index (χ2v) is 4.88. The van der Waals surface area contributed by atoms with Gasteiger partial charge in [-0.1, -0.05) is 6.07 Å². The van der Waals surface area contributed by atoms with Crippen LogP contribution in [0.25, 0.3) is 0 Å². The van der Waals surface area contributed by atoms with Crippen LogP contribution < -0.4 is 20.1 Å². The number of nitrogens with one attached hydrogen (secondary N) is 2. The van der Waals surface area contributed by atoms with Crippen molar-refractivity contribution in [3.63, 3.8) is 0 Å². The van der Waals surface area contributed by atoms with Gasteiger partial charge in [-0.25, -0.2) is 0 Å². The summed E-state index contributed by atoms with van der Waals surface area (Å²) >= 11 is 0. The highest BCUT2D eigenvalue weighted by atomic mass is 16.5. The molecule has 0 fully saturated rings. The van der Waals surface area contributed by atoms with Gasteiger partial charge in [0.25, 0.3) is 5.91 Å². The fraction of sp³-hybridized carbons (Fsp3) is 0.235. The molecule has 0 aliphatic rings. The van der Waals surface area contributed by atoms with Gasteiger partial charge in [-0.3, -0.25) is 14.6 Å². The average molecular weight is 329 g/mol. The molecule has 0 radical (unpaired) electrons. The summed E-state index contributed by atoms with van der Waals surface area (Å²) in [6.45, 7) is 0.0954. The lowest BCUT2D eigenvalue weighted by Crippen LogP contribution is -2.38. The first-order valence-corrected chi connectivity index (χ1v) is 7.36. The summed E-state index contributed by atoms with van der Waals surface area (Å²) in [7, 11) is 1.57. The normalized spacial score (nSPS) is 9.88.